The summed E-state index contributed by atoms with van der Waals surface area (Å²) in [6.45, 7) is 4.05. The first-order valence-electron chi connectivity index (χ1n) is 8.89. The van der Waals surface area contributed by atoms with Crippen molar-refractivity contribution < 1.29 is 4.79 Å². The van der Waals surface area contributed by atoms with Gasteiger partial charge < -0.3 is 9.88 Å². The van der Waals surface area contributed by atoms with Gasteiger partial charge >= 0.3 is 0 Å². The van der Waals surface area contributed by atoms with E-state index in [1.54, 1.807) is 11.3 Å². The number of amides is 1. The van der Waals surface area contributed by atoms with E-state index < -0.39 is 0 Å². The first kappa shape index (κ1) is 18.7. The summed E-state index contributed by atoms with van der Waals surface area (Å²) in [6, 6.07) is 14.2. The van der Waals surface area contributed by atoms with E-state index in [4.69, 9.17) is 0 Å². The van der Waals surface area contributed by atoms with Crippen LogP contribution in [0.5, 0.6) is 0 Å². The van der Waals surface area contributed by atoms with Crippen molar-refractivity contribution in [1.29, 1.82) is 0 Å². The highest BCUT2D eigenvalue weighted by Gasteiger charge is 2.16. The molecule has 0 aliphatic carbocycles. The van der Waals surface area contributed by atoms with Crippen LogP contribution in [-0.4, -0.2) is 26.4 Å². The van der Waals surface area contributed by atoms with Crippen molar-refractivity contribution in [1.82, 2.24) is 14.8 Å². The highest BCUT2D eigenvalue weighted by molar-refractivity contribution is 7.99. The van der Waals surface area contributed by atoms with Gasteiger partial charge in [-0.25, -0.2) is 0 Å². The summed E-state index contributed by atoms with van der Waals surface area (Å²) in [5.41, 5.74) is 4.17. The molecule has 1 amide bonds. The first-order valence-corrected chi connectivity index (χ1v) is 10.8. The van der Waals surface area contributed by atoms with E-state index in [2.05, 4.69) is 33.0 Å². The van der Waals surface area contributed by atoms with E-state index >= 15 is 0 Å². The number of anilines is 1. The van der Waals surface area contributed by atoms with E-state index in [0.717, 1.165) is 33.4 Å². The van der Waals surface area contributed by atoms with Gasteiger partial charge in [-0.1, -0.05) is 42.1 Å². The average Bonchev–Trinajstić information content (AvgIpc) is 3.27. The second-order valence-corrected chi connectivity index (χ2v) is 8.45. The Morgan fingerprint density at radius 1 is 1.14 bits per heavy atom. The van der Waals surface area contributed by atoms with E-state index in [1.807, 2.05) is 55.8 Å². The number of aryl methyl sites for hydroxylation is 1. The molecular weight excluding hydrogens is 388 g/mol. The number of thiophene rings is 1. The van der Waals surface area contributed by atoms with Crippen LogP contribution in [0.25, 0.3) is 21.5 Å². The molecule has 142 valence electrons. The van der Waals surface area contributed by atoms with Crippen LogP contribution in [0.4, 0.5) is 5.69 Å². The second-order valence-electron chi connectivity index (χ2n) is 6.60. The minimum Gasteiger partial charge on any atom is -0.325 e. The number of benzene rings is 2. The number of nitrogens with one attached hydrogen (secondary N) is 1. The minimum absolute atomic E-state index is 0.0516. The Morgan fingerprint density at radius 3 is 2.82 bits per heavy atom. The quantitative estimate of drug-likeness (QED) is 0.470. The summed E-state index contributed by atoms with van der Waals surface area (Å²) >= 11 is 3.09. The Balaban J connectivity index is 1.48. The highest BCUT2D eigenvalue weighted by Crippen LogP contribution is 2.33. The molecule has 7 heteroatoms. The van der Waals surface area contributed by atoms with Crippen LogP contribution in [0.1, 0.15) is 11.1 Å². The van der Waals surface area contributed by atoms with E-state index in [1.165, 1.54) is 21.8 Å². The van der Waals surface area contributed by atoms with Crippen LogP contribution in [0.2, 0.25) is 0 Å². The van der Waals surface area contributed by atoms with Gasteiger partial charge in [0.15, 0.2) is 11.0 Å². The molecule has 0 atom stereocenters. The maximum absolute atomic E-state index is 12.4. The molecule has 2 aromatic heterocycles. The summed E-state index contributed by atoms with van der Waals surface area (Å²) < 4.78 is 3.17. The van der Waals surface area contributed by atoms with Crippen LogP contribution in [-0.2, 0) is 11.8 Å². The number of aromatic nitrogens is 3. The lowest BCUT2D eigenvalue weighted by atomic mass is 10.1. The molecule has 4 rings (SSSR count). The van der Waals surface area contributed by atoms with Crippen LogP contribution in [0, 0.1) is 13.8 Å². The molecule has 0 fully saturated rings. The summed E-state index contributed by atoms with van der Waals surface area (Å²) in [5.74, 6) is 1.04. The zero-order valence-corrected chi connectivity index (χ0v) is 17.5. The van der Waals surface area contributed by atoms with Gasteiger partial charge in [-0.05, 0) is 37.1 Å². The molecule has 2 aromatic carbocycles. The molecule has 0 aliphatic rings. The van der Waals surface area contributed by atoms with Gasteiger partial charge in [-0.15, -0.1) is 21.5 Å². The van der Waals surface area contributed by atoms with Crippen molar-refractivity contribution in [3.05, 3.63) is 59.0 Å². The summed E-state index contributed by atoms with van der Waals surface area (Å²) in [5, 5.41) is 15.6. The normalized spacial score (nSPS) is 11.1. The molecule has 0 saturated carbocycles. The Labute approximate surface area is 171 Å². The van der Waals surface area contributed by atoms with Crippen molar-refractivity contribution in [2.24, 2.45) is 7.05 Å². The van der Waals surface area contributed by atoms with Crippen LogP contribution >= 0.6 is 23.1 Å². The third-order valence-electron chi connectivity index (χ3n) is 4.77. The van der Waals surface area contributed by atoms with Crippen molar-refractivity contribution >= 4 is 44.8 Å². The van der Waals surface area contributed by atoms with Crippen LogP contribution < -0.4 is 5.32 Å². The summed E-state index contributed by atoms with van der Waals surface area (Å²) in [6.07, 6.45) is 0. The number of rotatable bonds is 5. The summed E-state index contributed by atoms with van der Waals surface area (Å²) in [4.78, 5) is 12.4. The molecule has 5 nitrogen and oxygen atoms in total. The fraction of sp³-hybridized carbons (Fsp3) is 0.190. The van der Waals surface area contributed by atoms with Gasteiger partial charge in [0.2, 0.25) is 5.91 Å². The monoisotopic (exact) mass is 408 g/mol. The standard InChI is InChI=1S/C21H20N4OS2/c1-13-7-6-9-17(14(13)2)22-19(26)12-28-21-24-23-20(25(21)3)16-11-27-18-10-5-4-8-15(16)18/h4-11H,12H2,1-3H3,(H,22,26). The summed E-state index contributed by atoms with van der Waals surface area (Å²) in [7, 11) is 1.94. The van der Waals surface area contributed by atoms with Gasteiger partial charge in [0.1, 0.15) is 0 Å². The van der Waals surface area contributed by atoms with E-state index in [9.17, 15) is 4.79 Å². The molecule has 0 saturated heterocycles. The minimum atomic E-state index is -0.0516. The van der Waals surface area contributed by atoms with Gasteiger partial charge in [0.25, 0.3) is 0 Å². The molecule has 28 heavy (non-hydrogen) atoms. The lowest BCUT2D eigenvalue weighted by Gasteiger charge is -2.10. The number of carbonyl (C=O) groups excluding carboxylic acids is 1. The lowest BCUT2D eigenvalue weighted by Crippen LogP contribution is -2.15. The van der Waals surface area contributed by atoms with Crippen molar-refractivity contribution in [3.8, 4) is 11.4 Å². The molecule has 0 aliphatic heterocycles. The third kappa shape index (κ3) is 3.55. The van der Waals surface area contributed by atoms with Crippen LogP contribution in [0.15, 0.2) is 53.0 Å². The Morgan fingerprint density at radius 2 is 1.96 bits per heavy atom. The zero-order valence-electron chi connectivity index (χ0n) is 15.9. The SMILES string of the molecule is Cc1cccc(NC(=O)CSc2nnc(-c3csc4ccccc34)n2C)c1C. The smallest absolute Gasteiger partial charge is 0.234 e. The molecule has 0 bridgehead atoms. The predicted octanol–water partition coefficient (Wildman–Crippen LogP) is 5.04. The van der Waals surface area contributed by atoms with Gasteiger partial charge in [0.05, 0.1) is 5.75 Å². The van der Waals surface area contributed by atoms with Gasteiger partial charge in [-0.3, -0.25) is 4.79 Å². The van der Waals surface area contributed by atoms with E-state index in [-0.39, 0.29) is 11.7 Å². The largest absolute Gasteiger partial charge is 0.325 e. The maximum atomic E-state index is 12.4. The fourth-order valence-corrected chi connectivity index (χ4v) is 4.68. The topological polar surface area (TPSA) is 59.8 Å². The number of thioether (sulfide) groups is 1. The van der Waals surface area contributed by atoms with Crippen LogP contribution in [0.3, 0.4) is 0 Å². The molecule has 0 spiro atoms. The number of carbonyl (C=O) groups is 1. The molecule has 4 aromatic rings. The van der Waals surface area contributed by atoms with Crippen molar-refractivity contribution in [2.45, 2.75) is 19.0 Å². The van der Waals surface area contributed by atoms with Gasteiger partial charge in [-0.2, -0.15) is 0 Å². The number of hydrogen-bond acceptors (Lipinski definition) is 5. The second kappa shape index (κ2) is 7.77. The third-order valence-corrected chi connectivity index (χ3v) is 6.75. The first-order chi connectivity index (χ1) is 13.5. The number of hydrogen-bond donors (Lipinski definition) is 1. The molecule has 0 unspecified atom stereocenters. The number of nitrogens with zero attached hydrogens (tertiary/aromatic N) is 3. The molecule has 0 radical (unpaired) electrons. The Bertz CT molecular complexity index is 1160. The van der Waals surface area contributed by atoms with Crippen molar-refractivity contribution in [2.75, 3.05) is 11.1 Å². The molecular formula is C21H20N4OS2. The maximum Gasteiger partial charge on any atom is 0.234 e. The Kier molecular flexibility index (Phi) is 5.19. The highest BCUT2D eigenvalue weighted by atomic mass is 32.2. The van der Waals surface area contributed by atoms with Crippen molar-refractivity contribution in [3.63, 3.8) is 0 Å². The van der Waals surface area contributed by atoms with E-state index in [0.29, 0.717) is 0 Å². The average molecular weight is 409 g/mol. The Hall–Kier alpha value is -2.64. The van der Waals surface area contributed by atoms with Gasteiger partial charge in [0, 0.05) is 33.8 Å². The molecule has 2 heterocycles. The predicted molar refractivity (Wildman–Crippen MR) is 117 cm³/mol. The number of fused-ring (bicyclic) bond motifs is 1. The lowest BCUT2D eigenvalue weighted by molar-refractivity contribution is -0.113. The molecule has 1 N–H and O–H groups in total. The zero-order chi connectivity index (χ0) is 19.7. The fourth-order valence-electron chi connectivity index (χ4n) is 3.03.